The minimum absolute atomic E-state index is 0.401. The van der Waals surface area contributed by atoms with Crippen molar-refractivity contribution in [2.45, 2.75) is 45.9 Å². The highest BCUT2D eigenvalue weighted by Gasteiger charge is 2.23. The van der Waals surface area contributed by atoms with Gasteiger partial charge >= 0.3 is 0 Å². The van der Waals surface area contributed by atoms with Gasteiger partial charge in [-0.2, -0.15) is 5.10 Å². The predicted octanol–water partition coefficient (Wildman–Crippen LogP) is 6.14. The summed E-state index contributed by atoms with van der Waals surface area (Å²) in [6, 6.07) is 28.0. The lowest BCUT2D eigenvalue weighted by Gasteiger charge is -2.25. The van der Waals surface area contributed by atoms with E-state index in [4.69, 9.17) is 14.6 Å². The van der Waals surface area contributed by atoms with Crippen LogP contribution < -0.4 is 9.47 Å². The molecule has 1 aromatic heterocycles. The lowest BCUT2D eigenvalue weighted by Crippen LogP contribution is -2.32. The van der Waals surface area contributed by atoms with Crippen molar-refractivity contribution < 1.29 is 14.6 Å². The molecule has 0 saturated carbocycles. The molecule has 4 rings (SSSR count). The van der Waals surface area contributed by atoms with E-state index in [1.54, 1.807) is 7.11 Å². The van der Waals surface area contributed by atoms with Crippen LogP contribution in [0.5, 0.6) is 17.4 Å². The summed E-state index contributed by atoms with van der Waals surface area (Å²) in [5.41, 5.74) is 3.97. The number of aromatic nitrogens is 2. The number of rotatable bonds is 12. The molecule has 6 heteroatoms. The molecule has 188 valence electrons. The Labute approximate surface area is 213 Å². The van der Waals surface area contributed by atoms with Gasteiger partial charge in [-0.15, -0.1) is 0 Å². The van der Waals surface area contributed by atoms with Gasteiger partial charge < -0.3 is 14.6 Å². The Morgan fingerprint density at radius 2 is 1.53 bits per heavy atom. The molecular formula is C30H35N3O3. The number of hydrogen-bond acceptors (Lipinski definition) is 5. The maximum Gasteiger partial charge on any atom is 0.227 e. The molecule has 0 aliphatic carbocycles. The summed E-state index contributed by atoms with van der Waals surface area (Å²) >= 11 is 0. The third kappa shape index (κ3) is 6.33. The maximum absolute atomic E-state index is 10.7. The van der Waals surface area contributed by atoms with E-state index in [0.29, 0.717) is 37.0 Å². The minimum Gasteiger partial charge on any atom is -0.493 e. The van der Waals surface area contributed by atoms with Crippen LogP contribution in [0.2, 0.25) is 0 Å². The molecule has 3 aromatic carbocycles. The Morgan fingerprint density at radius 1 is 0.889 bits per heavy atom. The zero-order chi connectivity index (χ0) is 25.3. The molecule has 1 N–H and O–H groups in total. The van der Waals surface area contributed by atoms with Gasteiger partial charge in [0.15, 0.2) is 11.5 Å². The lowest BCUT2D eigenvalue weighted by molar-refractivity contribution is 0.0965. The van der Waals surface area contributed by atoms with Gasteiger partial charge in [0, 0.05) is 19.6 Å². The van der Waals surface area contributed by atoms with Crippen molar-refractivity contribution in [3.63, 3.8) is 0 Å². The summed E-state index contributed by atoms with van der Waals surface area (Å²) in [7, 11) is 1.64. The molecule has 1 atom stereocenters. The first-order valence-corrected chi connectivity index (χ1v) is 12.5. The molecule has 0 bridgehead atoms. The van der Waals surface area contributed by atoms with Crippen molar-refractivity contribution in [3.05, 3.63) is 102 Å². The number of hydrogen-bond donors (Lipinski definition) is 1. The van der Waals surface area contributed by atoms with E-state index < -0.39 is 6.10 Å². The Bertz CT molecular complexity index is 1220. The van der Waals surface area contributed by atoms with Crippen LogP contribution >= 0.6 is 0 Å². The van der Waals surface area contributed by atoms with Crippen molar-refractivity contribution in [1.82, 2.24) is 14.7 Å². The standard InChI is InChI=1S/C30H35N3O3/c1-4-13-26(34)21-32(20-24-14-7-5-8-15-24)22-27-23(2)31-33(25-16-9-6-10-17-25)30(27)36-29-19-12-11-18-28(29)35-3/h5-12,14-19,26,34H,4,13,20-22H2,1-3H3. The highest BCUT2D eigenvalue weighted by atomic mass is 16.5. The van der Waals surface area contributed by atoms with Gasteiger partial charge in [-0.25, -0.2) is 4.68 Å². The molecule has 1 unspecified atom stereocenters. The van der Waals surface area contributed by atoms with E-state index in [2.05, 4.69) is 24.0 Å². The van der Waals surface area contributed by atoms with Gasteiger partial charge in [0.25, 0.3) is 0 Å². The normalized spacial score (nSPS) is 12.0. The Kier molecular flexibility index (Phi) is 8.76. The average molecular weight is 486 g/mol. The van der Waals surface area contributed by atoms with Gasteiger partial charge in [-0.1, -0.05) is 74.0 Å². The van der Waals surface area contributed by atoms with Gasteiger partial charge in [-0.3, -0.25) is 4.90 Å². The molecule has 0 saturated heterocycles. The zero-order valence-electron chi connectivity index (χ0n) is 21.3. The van der Waals surface area contributed by atoms with Crippen molar-refractivity contribution in [1.29, 1.82) is 0 Å². The van der Waals surface area contributed by atoms with E-state index in [1.807, 2.05) is 84.4 Å². The second kappa shape index (κ2) is 12.4. The van der Waals surface area contributed by atoms with Crippen LogP contribution in [0.15, 0.2) is 84.9 Å². The minimum atomic E-state index is -0.401. The predicted molar refractivity (Wildman–Crippen MR) is 143 cm³/mol. The second-order valence-electron chi connectivity index (χ2n) is 8.97. The zero-order valence-corrected chi connectivity index (χ0v) is 21.3. The molecule has 4 aromatic rings. The Balaban J connectivity index is 1.74. The van der Waals surface area contributed by atoms with Crippen molar-refractivity contribution in [3.8, 4) is 23.1 Å². The topological polar surface area (TPSA) is 59.8 Å². The number of aryl methyl sites for hydroxylation is 1. The molecule has 0 aliphatic rings. The van der Waals surface area contributed by atoms with Crippen LogP contribution in [0.3, 0.4) is 0 Å². The SMILES string of the molecule is CCCC(O)CN(Cc1ccccc1)Cc1c(C)nn(-c2ccccc2)c1Oc1ccccc1OC. The fraction of sp³-hybridized carbons (Fsp3) is 0.300. The van der Waals surface area contributed by atoms with Crippen molar-refractivity contribution in [2.75, 3.05) is 13.7 Å². The first-order chi connectivity index (χ1) is 17.6. The van der Waals surface area contributed by atoms with Gasteiger partial charge in [0.1, 0.15) is 0 Å². The van der Waals surface area contributed by atoms with E-state index in [1.165, 1.54) is 5.56 Å². The largest absolute Gasteiger partial charge is 0.493 e. The summed E-state index contributed by atoms with van der Waals surface area (Å²) in [5.74, 6) is 1.92. The van der Waals surface area contributed by atoms with Gasteiger partial charge in [-0.05, 0) is 43.2 Å². The summed E-state index contributed by atoms with van der Waals surface area (Å²) in [4.78, 5) is 2.27. The van der Waals surface area contributed by atoms with Crippen LogP contribution in [0.25, 0.3) is 5.69 Å². The molecule has 6 nitrogen and oxygen atoms in total. The quantitative estimate of drug-likeness (QED) is 0.261. The Hall–Kier alpha value is -3.61. The van der Waals surface area contributed by atoms with Crippen LogP contribution in [-0.4, -0.2) is 39.5 Å². The number of nitrogens with zero attached hydrogens (tertiary/aromatic N) is 3. The van der Waals surface area contributed by atoms with Gasteiger partial charge in [0.05, 0.1) is 30.2 Å². The first-order valence-electron chi connectivity index (χ1n) is 12.5. The number of aliphatic hydroxyl groups excluding tert-OH is 1. The fourth-order valence-electron chi connectivity index (χ4n) is 4.35. The van der Waals surface area contributed by atoms with Crippen LogP contribution in [0, 0.1) is 6.92 Å². The Morgan fingerprint density at radius 3 is 2.19 bits per heavy atom. The number of methoxy groups -OCH3 is 1. The fourth-order valence-corrected chi connectivity index (χ4v) is 4.35. The molecule has 0 fully saturated rings. The lowest BCUT2D eigenvalue weighted by atomic mass is 10.1. The summed E-state index contributed by atoms with van der Waals surface area (Å²) in [5, 5.41) is 15.6. The summed E-state index contributed by atoms with van der Waals surface area (Å²) < 4.78 is 13.9. The van der Waals surface area contributed by atoms with Crippen LogP contribution in [0.1, 0.15) is 36.6 Å². The van der Waals surface area contributed by atoms with Crippen molar-refractivity contribution in [2.24, 2.45) is 0 Å². The third-order valence-electron chi connectivity index (χ3n) is 6.14. The third-order valence-corrected chi connectivity index (χ3v) is 6.14. The molecular weight excluding hydrogens is 450 g/mol. The van der Waals surface area contributed by atoms with Crippen molar-refractivity contribution >= 4 is 0 Å². The highest BCUT2D eigenvalue weighted by Crippen LogP contribution is 2.36. The molecule has 0 radical (unpaired) electrons. The molecule has 0 spiro atoms. The number of benzene rings is 3. The number of ether oxygens (including phenoxy) is 2. The maximum atomic E-state index is 10.7. The number of para-hydroxylation sites is 3. The average Bonchev–Trinajstić information content (AvgIpc) is 3.20. The number of aliphatic hydroxyl groups is 1. The van der Waals surface area contributed by atoms with Crippen LogP contribution in [-0.2, 0) is 13.1 Å². The molecule has 36 heavy (non-hydrogen) atoms. The first kappa shape index (κ1) is 25.5. The molecule has 0 amide bonds. The smallest absolute Gasteiger partial charge is 0.227 e. The van der Waals surface area contributed by atoms with Gasteiger partial charge in [0.2, 0.25) is 5.88 Å². The van der Waals surface area contributed by atoms with E-state index in [9.17, 15) is 5.11 Å². The molecule has 0 aliphatic heterocycles. The van der Waals surface area contributed by atoms with E-state index in [-0.39, 0.29) is 0 Å². The highest BCUT2D eigenvalue weighted by molar-refractivity contribution is 5.47. The monoisotopic (exact) mass is 485 g/mol. The second-order valence-corrected chi connectivity index (χ2v) is 8.97. The van der Waals surface area contributed by atoms with E-state index >= 15 is 0 Å². The summed E-state index contributed by atoms with van der Waals surface area (Å²) in [6.07, 6.45) is 1.30. The summed E-state index contributed by atoms with van der Waals surface area (Å²) in [6.45, 7) is 5.96. The molecule has 1 heterocycles. The van der Waals surface area contributed by atoms with E-state index in [0.717, 1.165) is 29.8 Å². The van der Waals surface area contributed by atoms with Crippen LogP contribution in [0.4, 0.5) is 0 Å².